The van der Waals surface area contributed by atoms with Gasteiger partial charge in [0.1, 0.15) is 0 Å². The van der Waals surface area contributed by atoms with Gasteiger partial charge >= 0.3 is 0 Å². The Labute approximate surface area is 128 Å². The molecule has 2 aromatic rings. The minimum absolute atomic E-state index is 0. The molecule has 4 rings (SSSR count). The first-order valence-electron chi connectivity index (χ1n) is 7.51. The molecule has 0 N–H and O–H groups in total. The Morgan fingerprint density at radius 1 is 1.23 bits per heavy atom. The summed E-state index contributed by atoms with van der Waals surface area (Å²) in [7, 11) is 0. The van der Waals surface area contributed by atoms with E-state index in [0.717, 1.165) is 30.7 Å². The molecule has 0 bridgehead atoms. The molecular weight excluding hydrogens is 284 g/mol. The lowest BCUT2D eigenvalue weighted by Crippen LogP contribution is -2.17. The molecule has 0 saturated heterocycles. The lowest BCUT2D eigenvalue weighted by Gasteiger charge is -2.27. The summed E-state index contributed by atoms with van der Waals surface area (Å²) in [5, 5.41) is 4.58. The van der Waals surface area contributed by atoms with Gasteiger partial charge in [0.2, 0.25) is 0 Å². The third-order valence-corrected chi connectivity index (χ3v) is 4.52. The van der Waals surface area contributed by atoms with Crippen molar-refractivity contribution < 1.29 is 9.09 Å². The van der Waals surface area contributed by atoms with Crippen molar-refractivity contribution in [3.8, 4) is 0 Å². The number of fused-ring (bicyclic) bond motifs is 1. The topological polar surface area (TPSA) is 30.7 Å². The molecule has 22 heavy (non-hydrogen) atoms. The molecule has 1 aliphatic carbocycles. The first-order valence-corrected chi connectivity index (χ1v) is 7.51. The highest BCUT2D eigenvalue weighted by atomic mass is 19.1. The third kappa shape index (κ3) is 2.45. The van der Waals surface area contributed by atoms with Crippen molar-refractivity contribution in [1.82, 2.24) is 14.8 Å². The largest absolute Gasteiger partial charge is 0.269 e. The van der Waals surface area contributed by atoms with E-state index in [2.05, 4.69) is 16.7 Å². The summed E-state index contributed by atoms with van der Waals surface area (Å²) < 4.78 is 16.0. The number of aromatic nitrogens is 3. The predicted molar refractivity (Wildman–Crippen MR) is 81.1 cm³/mol. The minimum Gasteiger partial charge on any atom is -0.269 e. The molecule has 2 heterocycles. The number of alkyl halides is 1. The molecule has 5 heteroatoms. The van der Waals surface area contributed by atoms with Crippen LogP contribution in [0.5, 0.6) is 0 Å². The second-order valence-corrected chi connectivity index (χ2v) is 6.19. The smallest absolute Gasteiger partial charge is 0.162 e. The average Bonchev–Trinajstić information content (AvgIpc) is 2.99. The number of nitrogens with zero attached hydrogens (tertiary/aromatic N) is 3. The van der Waals surface area contributed by atoms with E-state index in [0.29, 0.717) is 18.2 Å². The minimum atomic E-state index is -1.01. The van der Waals surface area contributed by atoms with Gasteiger partial charge in [-0.3, -0.25) is 4.70 Å². The summed E-state index contributed by atoms with van der Waals surface area (Å²) >= 11 is 0. The molecule has 0 amide bonds. The van der Waals surface area contributed by atoms with Crippen molar-refractivity contribution in [2.45, 2.75) is 37.9 Å². The van der Waals surface area contributed by atoms with Crippen LogP contribution in [0.25, 0.3) is 0 Å². The van der Waals surface area contributed by atoms with Crippen LogP contribution in [0.2, 0.25) is 0 Å². The molecule has 1 aromatic carbocycles. The number of hydrogen-bond acceptors (Lipinski definition) is 2. The lowest BCUT2D eigenvalue weighted by molar-refractivity contribution is 0.326. The SMILES string of the molecule is C=C1CC(Cc2nc3n(n2)[C@H](c2ccccc2)C[C@@H]3F)C1.F. The second kappa shape index (κ2) is 5.63. The number of allylic oxidation sites excluding steroid dienone is 1. The molecule has 1 aromatic heterocycles. The summed E-state index contributed by atoms with van der Waals surface area (Å²) in [6.07, 6.45) is 2.40. The first kappa shape index (κ1) is 14.9. The van der Waals surface area contributed by atoms with E-state index in [1.165, 1.54) is 5.57 Å². The zero-order valence-corrected chi connectivity index (χ0v) is 12.3. The first-order chi connectivity index (χ1) is 10.2. The van der Waals surface area contributed by atoms with Gasteiger partial charge in [0.25, 0.3) is 0 Å². The average molecular weight is 303 g/mol. The van der Waals surface area contributed by atoms with E-state index in [1.807, 2.05) is 30.3 Å². The Balaban J connectivity index is 0.00000144. The highest BCUT2D eigenvalue weighted by molar-refractivity contribution is 5.23. The molecule has 1 aliphatic heterocycles. The van der Waals surface area contributed by atoms with Gasteiger partial charge in [-0.1, -0.05) is 42.5 Å². The zero-order valence-electron chi connectivity index (χ0n) is 12.3. The molecule has 2 atom stereocenters. The fourth-order valence-corrected chi connectivity index (χ4v) is 3.42. The Hall–Kier alpha value is -2.04. The van der Waals surface area contributed by atoms with Crippen LogP contribution in [-0.4, -0.2) is 14.8 Å². The van der Waals surface area contributed by atoms with Crippen LogP contribution in [0.4, 0.5) is 9.09 Å². The number of benzene rings is 1. The molecule has 1 saturated carbocycles. The van der Waals surface area contributed by atoms with Gasteiger partial charge in [-0.15, -0.1) is 0 Å². The van der Waals surface area contributed by atoms with Crippen molar-refractivity contribution in [3.05, 3.63) is 59.7 Å². The van der Waals surface area contributed by atoms with Gasteiger partial charge in [0.15, 0.2) is 17.8 Å². The quantitative estimate of drug-likeness (QED) is 0.804. The molecule has 0 unspecified atom stereocenters. The Morgan fingerprint density at radius 2 is 1.95 bits per heavy atom. The molecular formula is C17H19F2N3. The highest BCUT2D eigenvalue weighted by Gasteiger charge is 2.35. The van der Waals surface area contributed by atoms with Gasteiger partial charge in [-0.05, 0) is 24.3 Å². The number of rotatable bonds is 3. The number of hydrogen-bond donors (Lipinski definition) is 0. The van der Waals surface area contributed by atoms with Crippen molar-refractivity contribution in [2.24, 2.45) is 5.92 Å². The molecule has 3 nitrogen and oxygen atoms in total. The van der Waals surface area contributed by atoms with Crippen molar-refractivity contribution in [1.29, 1.82) is 0 Å². The normalized spacial score (nSPS) is 23.8. The van der Waals surface area contributed by atoms with E-state index in [-0.39, 0.29) is 10.7 Å². The Kier molecular flexibility index (Phi) is 3.81. The molecule has 0 spiro atoms. The Morgan fingerprint density at radius 3 is 2.64 bits per heavy atom. The van der Waals surface area contributed by atoms with Crippen LogP contribution in [-0.2, 0) is 6.42 Å². The van der Waals surface area contributed by atoms with Crippen LogP contribution in [0, 0.1) is 5.92 Å². The maximum Gasteiger partial charge on any atom is 0.162 e. The van der Waals surface area contributed by atoms with Gasteiger partial charge in [0, 0.05) is 12.8 Å². The van der Waals surface area contributed by atoms with E-state index >= 15 is 0 Å². The van der Waals surface area contributed by atoms with Crippen molar-refractivity contribution in [3.63, 3.8) is 0 Å². The number of halogens is 2. The van der Waals surface area contributed by atoms with Crippen LogP contribution in [0.3, 0.4) is 0 Å². The van der Waals surface area contributed by atoms with Crippen molar-refractivity contribution >= 4 is 0 Å². The summed E-state index contributed by atoms with van der Waals surface area (Å²) in [5.74, 6) is 1.87. The predicted octanol–water partition coefficient (Wildman–Crippen LogP) is 3.94. The molecule has 0 radical (unpaired) electrons. The van der Waals surface area contributed by atoms with Gasteiger partial charge < -0.3 is 0 Å². The van der Waals surface area contributed by atoms with Gasteiger partial charge in [-0.2, -0.15) is 5.10 Å². The maximum absolute atomic E-state index is 14.2. The van der Waals surface area contributed by atoms with E-state index < -0.39 is 6.17 Å². The maximum atomic E-state index is 14.2. The van der Waals surface area contributed by atoms with Crippen LogP contribution in [0.15, 0.2) is 42.5 Å². The van der Waals surface area contributed by atoms with E-state index in [9.17, 15) is 4.39 Å². The summed E-state index contributed by atoms with van der Waals surface area (Å²) in [6, 6.07) is 9.99. The van der Waals surface area contributed by atoms with E-state index in [1.54, 1.807) is 4.68 Å². The fraction of sp³-hybridized carbons (Fsp3) is 0.412. The van der Waals surface area contributed by atoms with Crippen LogP contribution >= 0.6 is 0 Å². The zero-order chi connectivity index (χ0) is 14.4. The molecule has 116 valence electrons. The summed E-state index contributed by atoms with van der Waals surface area (Å²) in [6.45, 7) is 3.96. The van der Waals surface area contributed by atoms with Crippen molar-refractivity contribution in [2.75, 3.05) is 0 Å². The standard InChI is InChI=1S/C17H18FN3.FH/c1-11-7-12(8-11)9-16-19-17-14(18)10-15(21(17)20-16)13-5-3-2-4-6-13;/h2-6,12,14-15H,1,7-10H2;1H/t14-,15-;/m0./s1. The third-order valence-electron chi connectivity index (χ3n) is 4.52. The Bertz CT molecular complexity index is 672. The molecule has 1 fully saturated rings. The van der Waals surface area contributed by atoms with Gasteiger partial charge in [-0.25, -0.2) is 14.1 Å². The van der Waals surface area contributed by atoms with Crippen LogP contribution in [0.1, 0.15) is 48.7 Å². The monoisotopic (exact) mass is 303 g/mol. The van der Waals surface area contributed by atoms with E-state index in [4.69, 9.17) is 0 Å². The highest BCUT2D eigenvalue weighted by Crippen LogP contribution is 2.40. The summed E-state index contributed by atoms with van der Waals surface area (Å²) in [4.78, 5) is 4.44. The molecule has 2 aliphatic rings. The second-order valence-electron chi connectivity index (χ2n) is 6.19. The van der Waals surface area contributed by atoms with Crippen LogP contribution < -0.4 is 0 Å². The van der Waals surface area contributed by atoms with Gasteiger partial charge in [0.05, 0.1) is 6.04 Å². The lowest BCUT2D eigenvalue weighted by atomic mass is 9.79. The fourth-order valence-electron chi connectivity index (χ4n) is 3.42. The summed E-state index contributed by atoms with van der Waals surface area (Å²) in [5.41, 5.74) is 2.41.